The van der Waals surface area contributed by atoms with E-state index < -0.39 is 43.2 Å². The SMILES string of the molecule is COc1ccc(-c2cccc(Oc3cc(C)c(C#N)cc3S(=O)(=O)NC(=O)NC(C)(C)C)c2)cc1.COc1ccc(-c2cccc(Oc3ccncc3S(=O)(=O)NC(=O)NC(C)(C)C)c2)cc1. The van der Waals surface area contributed by atoms with Crippen molar-refractivity contribution in [2.24, 2.45) is 0 Å². The molecule has 0 bridgehead atoms. The molecule has 0 radical (unpaired) electrons. The van der Waals surface area contributed by atoms with Crippen LogP contribution in [0.1, 0.15) is 52.7 Å². The second-order valence-corrected chi connectivity index (χ2v) is 20.2. The van der Waals surface area contributed by atoms with Crippen LogP contribution in [0, 0.1) is 18.3 Å². The largest absolute Gasteiger partial charge is 0.497 e. The van der Waals surface area contributed by atoms with Crippen LogP contribution in [-0.2, 0) is 20.0 Å². The van der Waals surface area contributed by atoms with Gasteiger partial charge < -0.3 is 29.6 Å². The van der Waals surface area contributed by atoms with Crippen LogP contribution in [0.3, 0.4) is 0 Å². The standard InChI is InChI=1S/C26H27N3O5S.C23H25N3O5S/c1-17-13-23(24(15-20(17)16-27)35(31,32)29-25(30)28-26(2,3)4)34-22-8-6-7-19(14-22)18-9-11-21(33-5)12-10-18;1-23(2,3)25-22(27)26-32(28,29)21-15-24-13-12-20(21)31-19-7-5-6-17(14-19)16-8-10-18(30-4)11-9-16/h6-15H,1-5H3,(H2,28,29,30);5-15H,1-4H3,(H2,25,26,27). The molecule has 18 heteroatoms. The van der Waals surface area contributed by atoms with E-state index in [4.69, 9.17) is 18.9 Å². The Hall–Kier alpha value is -7.62. The molecule has 6 aromatic rings. The first kappa shape index (κ1) is 50.4. The molecule has 6 rings (SSSR count). The maximum absolute atomic E-state index is 13.1. The summed E-state index contributed by atoms with van der Waals surface area (Å²) in [6, 6.07) is 33.7. The molecule has 0 aliphatic rings. The number of aryl methyl sites for hydroxylation is 1. The number of carbonyl (C=O) groups excluding carboxylic acids is 2. The zero-order valence-electron chi connectivity index (χ0n) is 38.4. The predicted molar refractivity (Wildman–Crippen MR) is 254 cm³/mol. The molecule has 350 valence electrons. The van der Waals surface area contributed by atoms with Crippen LogP contribution in [0.2, 0.25) is 0 Å². The lowest BCUT2D eigenvalue weighted by molar-refractivity contribution is 0.236. The van der Waals surface area contributed by atoms with Gasteiger partial charge in [-0.1, -0.05) is 48.5 Å². The van der Waals surface area contributed by atoms with Crippen molar-refractivity contribution in [1.29, 1.82) is 5.26 Å². The third-order valence-corrected chi connectivity index (χ3v) is 11.8. The number of rotatable bonds is 12. The number of sulfonamides is 2. The van der Waals surface area contributed by atoms with Crippen molar-refractivity contribution >= 4 is 32.1 Å². The number of benzene rings is 5. The topological polar surface area (TPSA) is 224 Å². The Labute approximate surface area is 391 Å². The minimum absolute atomic E-state index is 0.00978. The molecule has 67 heavy (non-hydrogen) atoms. The highest BCUT2D eigenvalue weighted by Crippen LogP contribution is 2.35. The highest BCUT2D eigenvalue weighted by atomic mass is 32.2. The van der Waals surface area contributed by atoms with Crippen molar-refractivity contribution in [3.8, 4) is 62.8 Å². The van der Waals surface area contributed by atoms with Gasteiger partial charge in [0.2, 0.25) is 0 Å². The smallest absolute Gasteiger partial charge is 0.329 e. The van der Waals surface area contributed by atoms with E-state index in [2.05, 4.69) is 15.6 Å². The normalized spacial score (nSPS) is 11.4. The molecule has 1 heterocycles. The van der Waals surface area contributed by atoms with E-state index in [1.165, 1.54) is 24.4 Å². The van der Waals surface area contributed by atoms with Crippen molar-refractivity contribution in [3.63, 3.8) is 0 Å². The second kappa shape index (κ2) is 21.1. The van der Waals surface area contributed by atoms with Gasteiger partial charge in [0.25, 0.3) is 20.0 Å². The summed E-state index contributed by atoms with van der Waals surface area (Å²) in [5.41, 5.74) is 3.03. The average Bonchev–Trinajstić information content (AvgIpc) is 3.25. The lowest BCUT2D eigenvalue weighted by Gasteiger charge is -2.21. The summed E-state index contributed by atoms with van der Waals surface area (Å²) >= 11 is 0. The van der Waals surface area contributed by atoms with Crippen LogP contribution >= 0.6 is 0 Å². The average molecular weight is 949 g/mol. The number of methoxy groups -OCH3 is 2. The van der Waals surface area contributed by atoms with Gasteiger partial charge in [-0.3, -0.25) is 4.98 Å². The number of amides is 4. The zero-order valence-corrected chi connectivity index (χ0v) is 40.1. The summed E-state index contributed by atoms with van der Waals surface area (Å²) < 4.78 is 78.0. The van der Waals surface area contributed by atoms with Crippen LogP contribution in [0.5, 0.6) is 34.5 Å². The van der Waals surface area contributed by atoms with Crippen molar-refractivity contribution in [2.45, 2.75) is 69.3 Å². The lowest BCUT2D eigenvalue weighted by Crippen LogP contribution is -2.48. The maximum atomic E-state index is 13.1. The summed E-state index contributed by atoms with van der Waals surface area (Å²) in [4.78, 5) is 27.7. The number of pyridine rings is 1. The Morgan fingerprint density at radius 1 is 0.567 bits per heavy atom. The summed E-state index contributed by atoms with van der Waals surface area (Å²) in [6.07, 6.45) is 2.55. The molecule has 0 fully saturated rings. The fourth-order valence-corrected chi connectivity index (χ4v) is 8.13. The number of hydrogen-bond donors (Lipinski definition) is 4. The van der Waals surface area contributed by atoms with E-state index in [1.54, 1.807) is 99.1 Å². The Bertz CT molecular complexity index is 3000. The first-order valence-electron chi connectivity index (χ1n) is 20.5. The fourth-order valence-electron chi connectivity index (χ4n) is 6.11. The first-order valence-corrected chi connectivity index (χ1v) is 23.5. The maximum Gasteiger partial charge on any atom is 0.329 e. The van der Waals surface area contributed by atoms with Crippen molar-refractivity contribution < 1.29 is 45.4 Å². The number of nitrogens with one attached hydrogen (secondary N) is 4. The van der Waals surface area contributed by atoms with Gasteiger partial charge in [0.1, 0.15) is 38.5 Å². The number of nitrogens with zero attached hydrogens (tertiary/aromatic N) is 2. The van der Waals surface area contributed by atoms with Crippen molar-refractivity contribution in [2.75, 3.05) is 14.2 Å². The van der Waals surface area contributed by atoms with E-state index in [1.807, 2.05) is 76.2 Å². The van der Waals surface area contributed by atoms with Gasteiger partial charge in [-0.25, -0.2) is 35.9 Å². The molecule has 1 aromatic heterocycles. The predicted octanol–water partition coefficient (Wildman–Crippen LogP) is 9.46. The van der Waals surface area contributed by atoms with Crippen molar-refractivity contribution in [3.05, 3.63) is 139 Å². The van der Waals surface area contributed by atoms with E-state index in [9.17, 15) is 31.7 Å². The van der Waals surface area contributed by atoms with Gasteiger partial charge in [-0.15, -0.1) is 0 Å². The Morgan fingerprint density at radius 3 is 1.45 bits per heavy atom. The molecule has 5 aromatic carbocycles. The van der Waals surface area contributed by atoms with E-state index >= 15 is 0 Å². The van der Waals surface area contributed by atoms with E-state index in [0.717, 1.165) is 39.9 Å². The van der Waals surface area contributed by atoms with E-state index in [-0.39, 0.29) is 26.9 Å². The first-order chi connectivity index (χ1) is 31.5. The molecule has 0 aliphatic heterocycles. The molecule has 0 aliphatic carbocycles. The van der Waals surface area contributed by atoms with Gasteiger partial charge in [0.05, 0.1) is 32.0 Å². The minimum atomic E-state index is -4.35. The molecule has 0 saturated heterocycles. The molecule has 0 unspecified atom stereocenters. The Balaban J connectivity index is 0.000000252. The van der Waals surface area contributed by atoms with Crippen LogP contribution in [-0.4, -0.2) is 59.2 Å². The molecule has 4 amide bonds. The molecular weight excluding hydrogens is 897 g/mol. The molecule has 0 spiro atoms. The zero-order chi connectivity index (χ0) is 49.2. The summed E-state index contributed by atoms with van der Waals surface area (Å²) in [7, 11) is -5.37. The minimum Gasteiger partial charge on any atom is -0.497 e. The molecule has 16 nitrogen and oxygen atoms in total. The molecule has 0 atom stereocenters. The van der Waals surface area contributed by atoms with Gasteiger partial charge in [-0.05, 0) is 137 Å². The third kappa shape index (κ3) is 14.4. The van der Waals surface area contributed by atoms with Gasteiger partial charge in [0.15, 0.2) is 5.75 Å². The van der Waals surface area contributed by atoms with Crippen LogP contribution in [0.25, 0.3) is 22.3 Å². The second-order valence-electron chi connectivity index (χ2n) is 16.9. The quantitative estimate of drug-likeness (QED) is 0.0900. The summed E-state index contributed by atoms with van der Waals surface area (Å²) in [6.45, 7) is 12.1. The number of hydrogen-bond acceptors (Lipinski definition) is 12. The van der Waals surface area contributed by atoms with Gasteiger partial charge >= 0.3 is 12.1 Å². The van der Waals surface area contributed by atoms with Crippen LogP contribution in [0.15, 0.2) is 137 Å². The Kier molecular flexibility index (Phi) is 15.9. The number of urea groups is 2. The Morgan fingerprint density at radius 2 is 1.01 bits per heavy atom. The lowest BCUT2D eigenvalue weighted by atomic mass is 10.1. The highest BCUT2D eigenvalue weighted by Gasteiger charge is 2.27. The van der Waals surface area contributed by atoms with Gasteiger partial charge in [-0.2, -0.15) is 5.26 Å². The number of ether oxygens (including phenoxy) is 4. The van der Waals surface area contributed by atoms with Gasteiger partial charge in [0, 0.05) is 23.3 Å². The van der Waals surface area contributed by atoms with E-state index in [0.29, 0.717) is 17.1 Å². The monoisotopic (exact) mass is 948 g/mol. The molecule has 0 saturated carbocycles. The molecule has 4 N–H and O–H groups in total. The number of nitriles is 1. The summed E-state index contributed by atoms with van der Waals surface area (Å²) in [5.74, 6) is 2.33. The highest BCUT2D eigenvalue weighted by molar-refractivity contribution is 7.90. The number of carbonyl (C=O) groups is 2. The third-order valence-electron chi connectivity index (χ3n) is 9.14. The van der Waals surface area contributed by atoms with Crippen LogP contribution < -0.4 is 39.0 Å². The number of aromatic nitrogens is 1. The summed E-state index contributed by atoms with van der Waals surface area (Å²) in [5, 5.41) is 14.5. The van der Waals surface area contributed by atoms with Crippen molar-refractivity contribution in [1.82, 2.24) is 25.1 Å². The van der Waals surface area contributed by atoms with Crippen LogP contribution in [0.4, 0.5) is 9.59 Å². The molecular formula is C49H52N6O10S2. The fraction of sp³-hybridized carbons (Fsp3) is 0.224.